The highest BCUT2D eigenvalue weighted by Gasteiger charge is 2.44. The molecule has 40 heavy (non-hydrogen) atoms. The summed E-state index contributed by atoms with van der Waals surface area (Å²) in [7, 11) is 0. The van der Waals surface area contributed by atoms with E-state index in [1.54, 1.807) is 34.2 Å². The molecule has 2 aromatic carbocycles. The third-order valence-corrected chi connectivity index (χ3v) is 9.07. The van der Waals surface area contributed by atoms with E-state index in [2.05, 4.69) is 52.0 Å². The molecule has 4 heterocycles. The Labute approximate surface area is 268 Å². The molecule has 0 saturated carbocycles. The average Bonchev–Trinajstić information content (AvgIpc) is 3.71. The SMILES string of the molecule is Clc1ccc(C2(Cn3cncn3)CC(Br)CO2)c(Cl)c1.Clc1ccc(C2(Cn3cncn3)CC(Br)CO2)c(Cl)c1. The average molecular weight is 754 g/mol. The quantitative estimate of drug-likeness (QED) is 0.192. The first-order valence-corrected chi connectivity index (χ1v) is 15.6. The molecular weight excluding hydrogens is 730 g/mol. The van der Waals surface area contributed by atoms with Gasteiger partial charge in [0.15, 0.2) is 0 Å². The molecule has 0 amide bonds. The van der Waals surface area contributed by atoms with Crippen LogP contribution in [0.3, 0.4) is 0 Å². The minimum Gasteiger partial charge on any atom is -0.367 e. The molecule has 0 spiro atoms. The Balaban J connectivity index is 0.000000161. The van der Waals surface area contributed by atoms with Gasteiger partial charge in [-0.15, -0.1) is 0 Å². The van der Waals surface area contributed by atoms with Gasteiger partial charge in [-0.05, 0) is 37.1 Å². The zero-order valence-corrected chi connectivity index (χ0v) is 27.1. The Morgan fingerprint density at radius 2 is 1.15 bits per heavy atom. The van der Waals surface area contributed by atoms with Crippen molar-refractivity contribution in [1.29, 1.82) is 0 Å². The van der Waals surface area contributed by atoms with E-state index in [0.717, 1.165) is 24.0 Å². The Bertz CT molecular complexity index is 1320. The fourth-order valence-electron chi connectivity index (χ4n) is 5.09. The zero-order chi connectivity index (χ0) is 28.3. The maximum atomic E-state index is 6.36. The monoisotopic (exact) mass is 750 g/mol. The van der Waals surface area contributed by atoms with Gasteiger partial charge in [-0.3, -0.25) is 0 Å². The summed E-state index contributed by atoms with van der Waals surface area (Å²) < 4.78 is 15.7. The van der Waals surface area contributed by atoms with E-state index in [-0.39, 0.29) is 9.65 Å². The molecule has 212 valence electrons. The van der Waals surface area contributed by atoms with E-state index in [1.807, 2.05) is 24.3 Å². The molecule has 0 N–H and O–H groups in total. The number of rotatable bonds is 6. The predicted octanol–water partition coefficient (Wildman–Crippen LogP) is 7.33. The maximum Gasteiger partial charge on any atom is 0.137 e. The summed E-state index contributed by atoms with van der Waals surface area (Å²) in [6.07, 6.45) is 8.00. The highest BCUT2D eigenvalue weighted by atomic mass is 79.9. The first kappa shape index (κ1) is 30.2. The van der Waals surface area contributed by atoms with Gasteiger partial charge in [0, 0.05) is 40.9 Å². The fourth-order valence-corrected chi connectivity index (χ4v) is 7.56. The van der Waals surface area contributed by atoms with Crippen molar-refractivity contribution in [3.05, 3.63) is 92.9 Å². The Hall–Kier alpha value is -1.24. The van der Waals surface area contributed by atoms with Crippen molar-refractivity contribution in [3.63, 3.8) is 0 Å². The van der Waals surface area contributed by atoms with E-state index in [0.29, 0.717) is 46.4 Å². The van der Waals surface area contributed by atoms with E-state index in [9.17, 15) is 0 Å². The van der Waals surface area contributed by atoms with Gasteiger partial charge in [-0.1, -0.05) is 90.4 Å². The first-order chi connectivity index (χ1) is 19.2. The van der Waals surface area contributed by atoms with Crippen LogP contribution in [0.4, 0.5) is 0 Å². The van der Waals surface area contributed by atoms with E-state index in [4.69, 9.17) is 55.9 Å². The molecular formula is C26H24Br2Cl4N6O2. The summed E-state index contributed by atoms with van der Waals surface area (Å²) in [5.41, 5.74) is 0.842. The van der Waals surface area contributed by atoms with Gasteiger partial charge in [0.25, 0.3) is 0 Å². The van der Waals surface area contributed by atoms with Gasteiger partial charge in [-0.2, -0.15) is 10.2 Å². The molecule has 6 rings (SSSR count). The molecule has 4 aromatic rings. The van der Waals surface area contributed by atoms with Crippen LogP contribution in [0.5, 0.6) is 0 Å². The number of ether oxygens (including phenoxy) is 2. The van der Waals surface area contributed by atoms with Crippen molar-refractivity contribution in [2.75, 3.05) is 13.2 Å². The highest BCUT2D eigenvalue weighted by Crippen LogP contribution is 2.44. The van der Waals surface area contributed by atoms with Gasteiger partial charge in [0.05, 0.1) is 26.3 Å². The Kier molecular flexibility index (Phi) is 9.79. The number of hydrogen-bond acceptors (Lipinski definition) is 6. The second kappa shape index (κ2) is 13.0. The van der Waals surface area contributed by atoms with Crippen LogP contribution in [0, 0.1) is 0 Å². The molecule has 2 aliphatic rings. The van der Waals surface area contributed by atoms with E-state index in [1.165, 1.54) is 12.7 Å². The highest BCUT2D eigenvalue weighted by molar-refractivity contribution is 9.09. The van der Waals surface area contributed by atoms with Crippen molar-refractivity contribution < 1.29 is 9.47 Å². The molecule has 0 bridgehead atoms. The van der Waals surface area contributed by atoms with Crippen molar-refractivity contribution in [1.82, 2.24) is 29.5 Å². The van der Waals surface area contributed by atoms with E-state index >= 15 is 0 Å². The molecule has 4 atom stereocenters. The second-order valence-corrected chi connectivity index (χ2v) is 13.9. The number of hydrogen-bond donors (Lipinski definition) is 0. The van der Waals surface area contributed by atoms with Gasteiger partial charge in [-0.25, -0.2) is 19.3 Å². The van der Waals surface area contributed by atoms with Crippen molar-refractivity contribution >= 4 is 78.3 Å². The first-order valence-electron chi connectivity index (χ1n) is 12.3. The van der Waals surface area contributed by atoms with Crippen LogP contribution in [-0.4, -0.2) is 52.4 Å². The zero-order valence-electron chi connectivity index (χ0n) is 20.9. The lowest BCUT2D eigenvalue weighted by Crippen LogP contribution is -2.31. The topological polar surface area (TPSA) is 79.9 Å². The standard InChI is InChI=1S/2C13H12BrCl2N3O/c2*14-9-4-13(20-5-9,6-19-8-17-7-18-19)11-2-1-10(15)3-12(11)16/h2*1-3,7-9H,4-6H2. The second-order valence-electron chi connectivity index (χ2n) is 9.65. The van der Waals surface area contributed by atoms with Crippen LogP contribution >= 0.6 is 78.3 Å². The third-order valence-electron chi connectivity index (χ3n) is 6.80. The smallest absolute Gasteiger partial charge is 0.137 e. The molecule has 0 radical (unpaired) electrons. The molecule has 2 aromatic heterocycles. The van der Waals surface area contributed by atoms with Gasteiger partial charge in [0.2, 0.25) is 0 Å². The summed E-state index contributed by atoms with van der Waals surface area (Å²) in [4.78, 5) is 8.53. The van der Waals surface area contributed by atoms with Gasteiger partial charge >= 0.3 is 0 Å². The maximum absolute atomic E-state index is 6.36. The van der Waals surface area contributed by atoms with Gasteiger partial charge in [0.1, 0.15) is 36.5 Å². The number of benzene rings is 2. The molecule has 4 unspecified atom stereocenters. The van der Waals surface area contributed by atoms with Crippen LogP contribution in [0.25, 0.3) is 0 Å². The summed E-state index contributed by atoms with van der Waals surface area (Å²) in [6, 6.07) is 11.0. The van der Waals surface area contributed by atoms with Crippen LogP contribution in [-0.2, 0) is 33.8 Å². The van der Waals surface area contributed by atoms with Gasteiger partial charge < -0.3 is 9.47 Å². The van der Waals surface area contributed by atoms with Crippen molar-refractivity contribution in [2.24, 2.45) is 0 Å². The molecule has 14 heteroatoms. The lowest BCUT2D eigenvalue weighted by atomic mass is 9.90. The van der Waals surface area contributed by atoms with Crippen molar-refractivity contribution in [2.45, 2.75) is 46.8 Å². The minimum absolute atomic E-state index is 0.290. The number of nitrogens with zero attached hydrogens (tertiary/aromatic N) is 6. The number of aromatic nitrogens is 6. The lowest BCUT2D eigenvalue weighted by molar-refractivity contribution is -0.0170. The molecule has 2 aliphatic heterocycles. The van der Waals surface area contributed by atoms with Crippen LogP contribution in [0.1, 0.15) is 24.0 Å². The Morgan fingerprint density at radius 1 is 0.725 bits per heavy atom. The minimum atomic E-state index is -0.510. The normalized spacial score (nSPS) is 26.1. The van der Waals surface area contributed by atoms with Crippen LogP contribution in [0.2, 0.25) is 20.1 Å². The lowest BCUT2D eigenvalue weighted by Gasteiger charge is -2.29. The molecule has 2 saturated heterocycles. The number of alkyl halides is 2. The fraction of sp³-hybridized carbons (Fsp3) is 0.385. The summed E-state index contributed by atoms with van der Waals surface area (Å²) in [5.74, 6) is 0. The third kappa shape index (κ3) is 6.86. The molecule has 2 fully saturated rings. The number of halogens is 6. The van der Waals surface area contributed by atoms with Crippen LogP contribution in [0.15, 0.2) is 61.7 Å². The largest absolute Gasteiger partial charge is 0.367 e. The summed E-state index contributed by atoms with van der Waals surface area (Å²) >= 11 is 31.9. The van der Waals surface area contributed by atoms with E-state index < -0.39 is 11.2 Å². The molecule has 8 nitrogen and oxygen atoms in total. The summed E-state index contributed by atoms with van der Waals surface area (Å²) in [5, 5.41) is 10.8. The predicted molar refractivity (Wildman–Crippen MR) is 163 cm³/mol. The Morgan fingerprint density at radius 3 is 1.45 bits per heavy atom. The molecule has 0 aliphatic carbocycles. The van der Waals surface area contributed by atoms with Crippen LogP contribution < -0.4 is 0 Å². The summed E-state index contributed by atoms with van der Waals surface area (Å²) in [6.45, 7) is 2.40. The van der Waals surface area contributed by atoms with Crippen molar-refractivity contribution in [3.8, 4) is 0 Å².